The number of allylic oxidation sites excluding steroid dienone is 1. The number of H-pyrrole nitrogens is 1. The molecule has 0 unspecified atom stereocenters. The van der Waals surface area contributed by atoms with Crippen LogP contribution in [-0.2, 0) is 11.2 Å². The number of hydrogen-bond donors (Lipinski definition) is 3. The highest BCUT2D eigenvalue weighted by atomic mass is 35.5. The Morgan fingerprint density at radius 1 is 1.12 bits per heavy atom. The zero-order chi connectivity index (χ0) is 23.2. The molecule has 32 heavy (non-hydrogen) atoms. The molecular formula is C22H19Cl2N5O3. The molecule has 2 aromatic carbocycles. The quantitative estimate of drug-likeness (QED) is 0.503. The van der Waals surface area contributed by atoms with Gasteiger partial charge in [0.05, 0.1) is 5.69 Å². The molecule has 1 aliphatic heterocycles. The average molecular weight is 472 g/mol. The Morgan fingerprint density at radius 2 is 1.81 bits per heavy atom. The van der Waals surface area contributed by atoms with Gasteiger partial charge in [-0.2, -0.15) is 4.68 Å². The Kier molecular flexibility index (Phi) is 5.66. The first-order valence-corrected chi connectivity index (χ1v) is 10.5. The summed E-state index contributed by atoms with van der Waals surface area (Å²) in [4.78, 5) is 37.9. The number of hydrogen-bond acceptors (Lipinski definition) is 5. The van der Waals surface area contributed by atoms with Gasteiger partial charge < -0.3 is 11.1 Å². The van der Waals surface area contributed by atoms with Gasteiger partial charge in [0.25, 0.3) is 11.5 Å². The van der Waals surface area contributed by atoms with Crippen molar-refractivity contribution in [2.24, 2.45) is 5.92 Å². The fourth-order valence-corrected chi connectivity index (χ4v) is 4.13. The lowest BCUT2D eigenvalue weighted by Crippen LogP contribution is -2.33. The lowest BCUT2D eigenvalue weighted by atomic mass is 9.97. The van der Waals surface area contributed by atoms with Crippen molar-refractivity contribution in [3.63, 3.8) is 0 Å². The van der Waals surface area contributed by atoms with E-state index in [9.17, 15) is 14.4 Å². The van der Waals surface area contributed by atoms with Crippen LogP contribution < -0.4 is 22.3 Å². The first kappa shape index (κ1) is 21.9. The molecule has 3 aromatic rings. The monoisotopic (exact) mass is 471 g/mol. The third kappa shape index (κ3) is 4.06. The lowest BCUT2D eigenvalue weighted by Gasteiger charge is -2.12. The van der Waals surface area contributed by atoms with E-state index in [2.05, 4.69) is 15.4 Å². The van der Waals surface area contributed by atoms with E-state index in [-0.39, 0.29) is 23.3 Å². The van der Waals surface area contributed by atoms with Gasteiger partial charge in [0.2, 0.25) is 5.82 Å². The second kappa shape index (κ2) is 8.29. The van der Waals surface area contributed by atoms with Crippen molar-refractivity contribution in [1.82, 2.24) is 14.8 Å². The highest BCUT2D eigenvalue weighted by Crippen LogP contribution is 2.35. The molecule has 0 spiro atoms. The second-order valence-electron chi connectivity index (χ2n) is 7.78. The maximum absolute atomic E-state index is 12.3. The minimum Gasteiger partial charge on any atom is -0.378 e. The molecule has 10 heteroatoms. The van der Waals surface area contributed by atoms with Crippen LogP contribution in [0.2, 0.25) is 10.0 Å². The second-order valence-corrected chi connectivity index (χ2v) is 8.59. The molecule has 1 aromatic heterocycles. The van der Waals surface area contributed by atoms with Gasteiger partial charge in [0.15, 0.2) is 0 Å². The smallest absolute Gasteiger partial charge is 0.349 e. The summed E-state index contributed by atoms with van der Waals surface area (Å²) >= 11 is 13.0. The zero-order valence-corrected chi connectivity index (χ0v) is 18.7. The highest BCUT2D eigenvalue weighted by Gasteiger charge is 2.24. The number of aromatic amines is 1. The first-order chi connectivity index (χ1) is 15.1. The van der Waals surface area contributed by atoms with Crippen LogP contribution in [-0.4, -0.2) is 20.7 Å². The van der Waals surface area contributed by atoms with E-state index in [0.29, 0.717) is 27.6 Å². The lowest BCUT2D eigenvalue weighted by molar-refractivity contribution is -0.110. The van der Waals surface area contributed by atoms with Crippen molar-refractivity contribution in [3.05, 3.63) is 84.0 Å². The van der Waals surface area contributed by atoms with Crippen molar-refractivity contribution >= 4 is 46.2 Å². The topological polar surface area (TPSA) is 123 Å². The van der Waals surface area contributed by atoms with Gasteiger partial charge in [-0.25, -0.2) is 4.79 Å². The molecule has 164 valence electrons. The summed E-state index contributed by atoms with van der Waals surface area (Å²) in [5.74, 6) is -0.252. The van der Waals surface area contributed by atoms with Crippen LogP contribution in [0.3, 0.4) is 0 Å². The third-order valence-corrected chi connectivity index (χ3v) is 5.65. The van der Waals surface area contributed by atoms with E-state index in [4.69, 9.17) is 28.9 Å². The van der Waals surface area contributed by atoms with Crippen molar-refractivity contribution in [3.8, 4) is 5.69 Å². The summed E-state index contributed by atoms with van der Waals surface area (Å²) in [6, 6.07) is 8.74. The molecule has 0 atom stereocenters. The van der Waals surface area contributed by atoms with Gasteiger partial charge in [-0.3, -0.25) is 14.6 Å². The Bertz CT molecular complexity index is 1380. The molecule has 0 fully saturated rings. The van der Waals surface area contributed by atoms with E-state index < -0.39 is 11.2 Å². The number of amides is 1. The van der Waals surface area contributed by atoms with E-state index in [1.54, 1.807) is 0 Å². The van der Waals surface area contributed by atoms with Crippen LogP contribution in [0.15, 0.2) is 46.0 Å². The Hall–Kier alpha value is -3.36. The van der Waals surface area contributed by atoms with Crippen molar-refractivity contribution < 1.29 is 4.79 Å². The number of anilines is 2. The standard InChI is InChI=1S/C22H19Cl2N5O3/c1-10(2)5-14-13-6-11(3-4-18(13)26-20(14)30)7-15-16(23)8-12(9-17(15)24)29-22(32)27-21(31)19(25)28-29/h3-6,8-10H,7H2,1-2H3,(H2,25,28)(H,26,30)(H,27,31,32)/b14-5-. The maximum atomic E-state index is 12.3. The number of carbonyl (C=O) groups excluding carboxylic acids is 1. The third-order valence-electron chi connectivity index (χ3n) is 4.97. The molecule has 0 radical (unpaired) electrons. The molecule has 2 heterocycles. The molecule has 4 N–H and O–H groups in total. The number of nitrogens with two attached hydrogens (primary N) is 1. The van der Waals surface area contributed by atoms with Crippen molar-refractivity contribution in [2.45, 2.75) is 20.3 Å². The van der Waals surface area contributed by atoms with Crippen LogP contribution in [0.1, 0.15) is 30.5 Å². The first-order valence-electron chi connectivity index (χ1n) is 9.78. The average Bonchev–Trinajstić information content (AvgIpc) is 3.01. The number of rotatable bonds is 4. The fraction of sp³-hybridized carbons (Fsp3) is 0.182. The SMILES string of the molecule is CC(C)/C=C1\C(=O)Nc2ccc(Cc3c(Cl)cc(-n4nc(N)c(=O)[nH]c4=O)cc3Cl)cc21. The fourth-order valence-electron chi connectivity index (χ4n) is 3.52. The number of halogens is 2. The van der Waals surface area contributed by atoms with E-state index in [0.717, 1.165) is 21.5 Å². The van der Waals surface area contributed by atoms with Crippen LogP contribution in [0.4, 0.5) is 11.5 Å². The number of benzene rings is 2. The van der Waals surface area contributed by atoms with Crippen LogP contribution >= 0.6 is 23.2 Å². The van der Waals surface area contributed by atoms with Crippen LogP contribution in [0.5, 0.6) is 0 Å². The van der Waals surface area contributed by atoms with Crippen LogP contribution in [0, 0.1) is 5.92 Å². The molecule has 1 amide bonds. The van der Waals surface area contributed by atoms with E-state index >= 15 is 0 Å². The minimum atomic E-state index is -0.768. The number of nitrogen functional groups attached to an aromatic ring is 1. The summed E-state index contributed by atoms with van der Waals surface area (Å²) in [5.41, 5.74) is 8.06. The molecule has 8 nitrogen and oxygen atoms in total. The highest BCUT2D eigenvalue weighted by molar-refractivity contribution is 6.36. The largest absolute Gasteiger partial charge is 0.378 e. The summed E-state index contributed by atoms with van der Waals surface area (Å²) in [5, 5.41) is 7.30. The molecule has 1 aliphatic rings. The summed E-state index contributed by atoms with van der Waals surface area (Å²) < 4.78 is 0.925. The van der Waals surface area contributed by atoms with Gasteiger partial charge >= 0.3 is 5.69 Å². The van der Waals surface area contributed by atoms with E-state index in [1.807, 2.05) is 38.1 Å². The van der Waals surface area contributed by atoms with Crippen LogP contribution in [0.25, 0.3) is 11.3 Å². The number of nitrogens with one attached hydrogen (secondary N) is 2. The predicted octanol–water partition coefficient (Wildman–Crippen LogP) is 3.39. The summed E-state index contributed by atoms with van der Waals surface area (Å²) in [6.45, 7) is 4.03. The predicted molar refractivity (Wildman–Crippen MR) is 126 cm³/mol. The zero-order valence-electron chi connectivity index (χ0n) is 17.2. The van der Waals surface area contributed by atoms with Gasteiger partial charge in [-0.15, -0.1) is 5.10 Å². The Balaban J connectivity index is 1.71. The summed E-state index contributed by atoms with van der Waals surface area (Å²) in [7, 11) is 0. The Labute approximate surface area is 192 Å². The van der Waals surface area contributed by atoms with Gasteiger partial charge in [0, 0.05) is 33.3 Å². The molecule has 4 rings (SSSR count). The Morgan fingerprint density at radius 3 is 2.47 bits per heavy atom. The van der Waals surface area contributed by atoms with E-state index in [1.165, 1.54) is 12.1 Å². The molecular weight excluding hydrogens is 453 g/mol. The van der Waals surface area contributed by atoms with Gasteiger partial charge in [-0.1, -0.05) is 49.2 Å². The summed E-state index contributed by atoms with van der Waals surface area (Å²) in [6.07, 6.45) is 2.34. The van der Waals surface area contributed by atoms with Crippen molar-refractivity contribution in [2.75, 3.05) is 11.1 Å². The molecule has 0 aliphatic carbocycles. The molecule has 0 bridgehead atoms. The van der Waals surface area contributed by atoms with Gasteiger partial charge in [-0.05, 0) is 41.3 Å². The number of aromatic nitrogens is 3. The van der Waals surface area contributed by atoms with Gasteiger partial charge in [0.1, 0.15) is 0 Å². The molecule has 0 saturated carbocycles. The van der Waals surface area contributed by atoms with Crippen molar-refractivity contribution in [1.29, 1.82) is 0 Å². The minimum absolute atomic E-state index is 0.121. The maximum Gasteiger partial charge on any atom is 0.349 e. The number of carbonyl (C=O) groups is 1. The number of nitrogens with zero attached hydrogens (tertiary/aromatic N) is 2. The molecule has 0 saturated heterocycles. The normalized spacial score (nSPS) is 14.2. The number of fused-ring (bicyclic) bond motifs is 1.